The quantitative estimate of drug-likeness (QED) is 0.324. The molecule has 0 bridgehead atoms. The number of carboxylic acid groups (broad SMARTS) is 1. The van der Waals surface area contributed by atoms with Crippen LogP contribution in [-0.2, 0) is 24.2 Å². The zero-order chi connectivity index (χ0) is 23.4. The Morgan fingerprint density at radius 1 is 0.909 bits per heavy atom. The lowest BCUT2D eigenvalue weighted by atomic mass is 9.95. The van der Waals surface area contributed by atoms with E-state index >= 15 is 0 Å². The first-order valence-corrected chi connectivity index (χ1v) is 11.5. The maximum atomic E-state index is 11.8. The molecule has 0 saturated heterocycles. The number of benzene rings is 3. The highest BCUT2D eigenvalue weighted by Crippen LogP contribution is 2.36. The summed E-state index contributed by atoms with van der Waals surface area (Å²) >= 11 is 0. The van der Waals surface area contributed by atoms with E-state index in [4.69, 9.17) is 4.74 Å². The number of fused-ring (bicyclic) bond motifs is 1. The third kappa shape index (κ3) is 4.95. The second-order valence-electron chi connectivity index (χ2n) is 9.03. The fourth-order valence-corrected chi connectivity index (χ4v) is 4.30. The molecule has 0 atom stereocenters. The highest BCUT2D eigenvalue weighted by atomic mass is 16.5. The first-order chi connectivity index (χ1) is 15.9. The van der Waals surface area contributed by atoms with Crippen molar-refractivity contribution in [2.24, 2.45) is 0 Å². The van der Waals surface area contributed by atoms with E-state index < -0.39 is 11.6 Å². The third-order valence-corrected chi connectivity index (χ3v) is 6.00. The molecular weight excluding hydrogens is 410 g/mol. The minimum atomic E-state index is -1.33. The lowest BCUT2D eigenvalue weighted by Crippen LogP contribution is -2.38. The second kappa shape index (κ2) is 9.53. The topological polar surface area (TPSA) is 51.5 Å². The summed E-state index contributed by atoms with van der Waals surface area (Å²) in [5, 5.41) is 10.9. The Morgan fingerprint density at radius 2 is 1.52 bits per heavy atom. The number of rotatable bonds is 9. The van der Waals surface area contributed by atoms with E-state index in [0.717, 1.165) is 41.4 Å². The van der Waals surface area contributed by atoms with E-state index in [0.29, 0.717) is 12.2 Å². The predicted molar refractivity (Wildman–Crippen MR) is 133 cm³/mol. The summed E-state index contributed by atoms with van der Waals surface area (Å²) in [5.74, 6) is -0.358. The first-order valence-electron chi connectivity index (χ1n) is 11.5. The first kappa shape index (κ1) is 22.7. The van der Waals surface area contributed by atoms with Crippen LogP contribution in [0.25, 0.3) is 10.9 Å². The Hall–Kier alpha value is -3.53. The van der Waals surface area contributed by atoms with Gasteiger partial charge in [-0.2, -0.15) is 0 Å². The Labute approximate surface area is 195 Å². The highest BCUT2D eigenvalue weighted by Gasteiger charge is 2.31. The predicted octanol–water partition coefficient (Wildman–Crippen LogP) is 6.47. The average molecular weight is 442 g/mol. The van der Waals surface area contributed by atoms with Gasteiger partial charge in [-0.15, -0.1) is 0 Å². The SMILES string of the molecule is CCCn1cc(Cc2ccccc2)c2c(Cc3ccccc3)c(OC(C)(C)C(=O)O)ccc21. The van der Waals surface area contributed by atoms with Crippen LogP contribution in [0.1, 0.15) is 49.4 Å². The smallest absolute Gasteiger partial charge is 0.347 e. The molecule has 0 aliphatic heterocycles. The van der Waals surface area contributed by atoms with Crippen molar-refractivity contribution in [1.82, 2.24) is 4.57 Å². The molecule has 33 heavy (non-hydrogen) atoms. The lowest BCUT2D eigenvalue weighted by molar-refractivity contribution is -0.152. The van der Waals surface area contributed by atoms with Crippen LogP contribution in [0, 0.1) is 0 Å². The molecule has 0 aliphatic carbocycles. The number of ether oxygens (including phenoxy) is 1. The van der Waals surface area contributed by atoms with Gasteiger partial charge in [0.05, 0.1) is 0 Å². The molecule has 4 nitrogen and oxygen atoms in total. The number of aromatic nitrogens is 1. The third-order valence-electron chi connectivity index (χ3n) is 6.00. The molecule has 0 spiro atoms. The molecule has 3 aromatic carbocycles. The maximum Gasteiger partial charge on any atom is 0.347 e. The molecule has 0 aliphatic rings. The van der Waals surface area contributed by atoms with Crippen LogP contribution >= 0.6 is 0 Å². The standard InChI is InChI=1S/C29H31NO3/c1-4-17-30-20-23(18-21-11-7-5-8-12-21)27-24(19-22-13-9-6-10-14-22)26(16-15-25(27)30)33-29(2,3)28(31)32/h5-16,20H,4,17-19H2,1-3H3,(H,31,32). The minimum Gasteiger partial charge on any atom is -0.478 e. The van der Waals surface area contributed by atoms with Crippen molar-refractivity contribution in [3.05, 3.63) is 101 Å². The number of carbonyl (C=O) groups is 1. The van der Waals surface area contributed by atoms with E-state index in [9.17, 15) is 9.90 Å². The maximum absolute atomic E-state index is 11.8. The molecule has 4 aromatic rings. The Morgan fingerprint density at radius 3 is 2.09 bits per heavy atom. The van der Waals surface area contributed by atoms with E-state index in [1.54, 1.807) is 13.8 Å². The Bertz CT molecular complexity index is 1240. The van der Waals surface area contributed by atoms with Crippen LogP contribution in [0.3, 0.4) is 0 Å². The monoisotopic (exact) mass is 441 g/mol. The fourth-order valence-electron chi connectivity index (χ4n) is 4.30. The molecule has 1 N–H and O–H groups in total. The lowest BCUT2D eigenvalue weighted by Gasteiger charge is -2.24. The Kier molecular flexibility index (Phi) is 6.55. The van der Waals surface area contributed by atoms with Gasteiger partial charge in [0.1, 0.15) is 5.75 Å². The van der Waals surface area contributed by atoms with Gasteiger partial charge in [-0.05, 0) is 55.5 Å². The van der Waals surface area contributed by atoms with Crippen molar-refractivity contribution in [2.45, 2.75) is 52.2 Å². The number of hydrogen-bond acceptors (Lipinski definition) is 2. The molecule has 4 heteroatoms. The molecule has 0 fully saturated rings. The molecule has 1 aromatic heterocycles. The van der Waals surface area contributed by atoms with Crippen LogP contribution in [-0.4, -0.2) is 21.2 Å². The molecule has 0 amide bonds. The van der Waals surface area contributed by atoms with Crippen molar-refractivity contribution in [3.8, 4) is 5.75 Å². The van der Waals surface area contributed by atoms with Crippen LogP contribution < -0.4 is 4.74 Å². The summed E-state index contributed by atoms with van der Waals surface area (Å²) in [7, 11) is 0. The van der Waals surface area contributed by atoms with Crippen molar-refractivity contribution in [3.63, 3.8) is 0 Å². The summed E-state index contributed by atoms with van der Waals surface area (Å²) in [4.78, 5) is 11.8. The number of aliphatic carboxylic acids is 1. The van der Waals surface area contributed by atoms with E-state index in [1.807, 2.05) is 30.3 Å². The van der Waals surface area contributed by atoms with Gasteiger partial charge < -0.3 is 14.4 Å². The van der Waals surface area contributed by atoms with Gasteiger partial charge in [-0.1, -0.05) is 67.6 Å². The number of carboxylic acids is 1. The summed E-state index contributed by atoms with van der Waals surface area (Å²) in [6.07, 6.45) is 4.76. The van der Waals surface area contributed by atoms with Crippen LogP contribution in [0.2, 0.25) is 0 Å². The zero-order valence-corrected chi connectivity index (χ0v) is 19.5. The molecule has 0 radical (unpaired) electrons. The number of hydrogen-bond donors (Lipinski definition) is 1. The number of nitrogens with zero attached hydrogens (tertiary/aromatic N) is 1. The van der Waals surface area contributed by atoms with Gasteiger partial charge in [0, 0.05) is 35.6 Å². The van der Waals surface area contributed by atoms with Gasteiger partial charge in [0.25, 0.3) is 0 Å². The molecular formula is C29H31NO3. The van der Waals surface area contributed by atoms with E-state index in [1.165, 1.54) is 11.1 Å². The van der Waals surface area contributed by atoms with Crippen molar-refractivity contribution in [2.75, 3.05) is 0 Å². The van der Waals surface area contributed by atoms with Gasteiger partial charge in [-0.25, -0.2) is 4.79 Å². The zero-order valence-electron chi connectivity index (χ0n) is 19.5. The average Bonchev–Trinajstić information content (AvgIpc) is 3.14. The molecule has 170 valence electrons. The summed E-state index contributed by atoms with van der Waals surface area (Å²) in [5.41, 5.74) is 4.51. The van der Waals surface area contributed by atoms with Gasteiger partial charge >= 0.3 is 5.97 Å². The molecule has 0 unspecified atom stereocenters. The second-order valence-corrected chi connectivity index (χ2v) is 9.03. The van der Waals surface area contributed by atoms with Crippen molar-refractivity contribution in [1.29, 1.82) is 0 Å². The van der Waals surface area contributed by atoms with E-state index in [-0.39, 0.29) is 0 Å². The fraction of sp³-hybridized carbons (Fsp3) is 0.276. The van der Waals surface area contributed by atoms with Gasteiger partial charge in [0.15, 0.2) is 5.60 Å². The van der Waals surface area contributed by atoms with Gasteiger partial charge in [-0.3, -0.25) is 0 Å². The van der Waals surface area contributed by atoms with E-state index in [2.05, 4.69) is 60.2 Å². The largest absolute Gasteiger partial charge is 0.478 e. The highest BCUT2D eigenvalue weighted by molar-refractivity contribution is 5.90. The van der Waals surface area contributed by atoms with Crippen LogP contribution in [0.4, 0.5) is 0 Å². The normalized spacial score (nSPS) is 11.6. The summed E-state index contributed by atoms with van der Waals surface area (Å²) in [6.45, 7) is 6.30. The van der Waals surface area contributed by atoms with Crippen LogP contribution in [0.5, 0.6) is 5.75 Å². The molecule has 0 saturated carbocycles. The molecule has 1 heterocycles. The number of aryl methyl sites for hydroxylation is 1. The van der Waals surface area contributed by atoms with Crippen LogP contribution in [0.15, 0.2) is 79.0 Å². The summed E-state index contributed by atoms with van der Waals surface area (Å²) < 4.78 is 8.45. The summed E-state index contributed by atoms with van der Waals surface area (Å²) in [6, 6.07) is 24.7. The minimum absolute atomic E-state index is 0.627. The van der Waals surface area contributed by atoms with Crippen molar-refractivity contribution < 1.29 is 14.6 Å². The van der Waals surface area contributed by atoms with Gasteiger partial charge in [0.2, 0.25) is 0 Å². The molecule has 4 rings (SSSR count). The Balaban J connectivity index is 1.92. The van der Waals surface area contributed by atoms with Crippen molar-refractivity contribution >= 4 is 16.9 Å².